The molecule has 0 unspecified atom stereocenters. The van der Waals surface area contributed by atoms with Gasteiger partial charge in [-0.15, -0.1) is 24.0 Å². The lowest BCUT2D eigenvalue weighted by Gasteiger charge is -2.47. The number of amidine groups is 2. The highest BCUT2D eigenvalue weighted by Crippen LogP contribution is 2.49. The molecule has 6 heteroatoms. The number of rotatable bonds is 2. The van der Waals surface area contributed by atoms with Crippen molar-refractivity contribution < 1.29 is 0 Å². The van der Waals surface area contributed by atoms with Crippen LogP contribution in [-0.2, 0) is 0 Å². The molecule has 2 aliphatic rings. The SMILES string of the molecule is CSC1=NC(=Nc2c(C)cccc2C)C2(CCC(C(C)(C)C)CC2)N1c1ccc(Cl)cc1.I. The number of hydrogen-bond acceptors (Lipinski definition) is 3. The fraction of sp³-hybridized carbons (Fsp3) is 0.481. The highest BCUT2D eigenvalue weighted by molar-refractivity contribution is 14.0. The lowest BCUT2D eigenvalue weighted by Crippen LogP contribution is -2.54. The second-order valence-electron chi connectivity index (χ2n) is 10.3. The summed E-state index contributed by atoms with van der Waals surface area (Å²) < 4.78 is 0. The largest absolute Gasteiger partial charge is 0.307 e. The number of para-hydroxylation sites is 1. The fourth-order valence-electron chi connectivity index (χ4n) is 5.24. The van der Waals surface area contributed by atoms with Crippen molar-refractivity contribution in [1.29, 1.82) is 0 Å². The van der Waals surface area contributed by atoms with Gasteiger partial charge >= 0.3 is 0 Å². The van der Waals surface area contributed by atoms with E-state index in [1.54, 1.807) is 11.8 Å². The van der Waals surface area contributed by atoms with Crippen LogP contribution in [0, 0.1) is 25.2 Å². The quantitative estimate of drug-likeness (QED) is 0.325. The number of thioether (sulfide) groups is 1. The van der Waals surface area contributed by atoms with Crippen LogP contribution in [-0.4, -0.2) is 22.8 Å². The van der Waals surface area contributed by atoms with Crippen LogP contribution in [0.5, 0.6) is 0 Å². The predicted molar refractivity (Wildman–Crippen MR) is 157 cm³/mol. The summed E-state index contributed by atoms with van der Waals surface area (Å²) in [6.07, 6.45) is 6.56. The second-order valence-corrected chi connectivity index (χ2v) is 11.5. The maximum Gasteiger partial charge on any atom is 0.170 e. The fourth-order valence-corrected chi connectivity index (χ4v) is 6.00. The smallest absolute Gasteiger partial charge is 0.170 e. The minimum absolute atomic E-state index is 0. The van der Waals surface area contributed by atoms with Crippen molar-refractivity contribution in [2.24, 2.45) is 21.3 Å². The average Bonchev–Trinajstić information content (AvgIpc) is 3.04. The van der Waals surface area contributed by atoms with Crippen molar-refractivity contribution in [3.8, 4) is 0 Å². The summed E-state index contributed by atoms with van der Waals surface area (Å²) >= 11 is 7.93. The van der Waals surface area contributed by atoms with Gasteiger partial charge in [-0.1, -0.05) is 62.3 Å². The van der Waals surface area contributed by atoms with E-state index in [4.69, 9.17) is 21.6 Å². The Morgan fingerprint density at radius 2 is 1.61 bits per heavy atom. The lowest BCUT2D eigenvalue weighted by atomic mass is 9.66. The molecule has 33 heavy (non-hydrogen) atoms. The van der Waals surface area contributed by atoms with Crippen LogP contribution in [0.1, 0.15) is 57.6 Å². The van der Waals surface area contributed by atoms with Crippen molar-refractivity contribution in [2.75, 3.05) is 11.2 Å². The third-order valence-electron chi connectivity index (χ3n) is 7.20. The summed E-state index contributed by atoms with van der Waals surface area (Å²) in [7, 11) is 0. The van der Waals surface area contributed by atoms with E-state index in [0.717, 1.165) is 40.2 Å². The molecule has 1 heterocycles. The van der Waals surface area contributed by atoms with Gasteiger partial charge in [-0.2, -0.15) is 0 Å². The van der Waals surface area contributed by atoms with Crippen LogP contribution in [0.3, 0.4) is 0 Å². The monoisotopic (exact) mass is 595 g/mol. The molecule has 2 aromatic rings. The minimum Gasteiger partial charge on any atom is -0.307 e. The first kappa shape index (κ1) is 26.6. The number of benzene rings is 2. The summed E-state index contributed by atoms with van der Waals surface area (Å²) in [6.45, 7) is 11.4. The molecule has 1 aliphatic heterocycles. The van der Waals surface area contributed by atoms with Gasteiger partial charge in [0.05, 0.1) is 5.69 Å². The van der Waals surface area contributed by atoms with Gasteiger partial charge in [0.15, 0.2) is 11.0 Å². The van der Waals surface area contributed by atoms with Crippen molar-refractivity contribution >= 4 is 69.7 Å². The third-order valence-corrected chi connectivity index (χ3v) is 8.09. The number of halogens is 2. The van der Waals surface area contributed by atoms with Crippen molar-refractivity contribution in [1.82, 2.24) is 0 Å². The van der Waals surface area contributed by atoms with Crippen molar-refractivity contribution in [2.45, 2.75) is 65.8 Å². The molecular formula is C27H35ClIN3S. The van der Waals surface area contributed by atoms with Gasteiger partial charge in [0, 0.05) is 10.7 Å². The molecule has 1 aliphatic carbocycles. The molecular weight excluding hydrogens is 561 g/mol. The molecule has 3 nitrogen and oxygen atoms in total. The molecule has 0 N–H and O–H groups in total. The van der Waals surface area contributed by atoms with E-state index in [1.807, 2.05) is 12.1 Å². The first-order valence-corrected chi connectivity index (χ1v) is 13.1. The summed E-state index contributed by atoms with van der Waals surface area (Å²) in [4.78, 5) is 12.9. The van der Waals surface area contributed by atoms with Crippen LogP contribution >= 0.6 is 47.3 Å². The summed E-state index contributed by atoms with van der Waals surface area (Å²) in [5, 5.41) is 1.78. The molecule has 0 amide bonds. The van der Waals surface area contributed by atoms with E-state index in [2.05, 4.69) is 76.1 Å². The van der Waals surface area contributed by atoms with Gasteiger partial charge in [-0.3, -0.25) is 0 Å². The Morgan fingerprint density at radius 3 is 2.12 bits per heavy atom. The number of nitrogens with zero attached hydrogens (tertiary/aromatic N) is 3. The van der Waals surface area contributed by atoms with E-state index in [1.165, 1.54) is 24.0 Å². The number of aryl methyl sites for hydroxylation is 2. The van der Waals surface area contributed by atoms with E-state index in [9.17, 15) is 0 Å². The molecule has 4 rings (SSSR count). The molecule has 0 radical (unpaired) electrons. The second kappa shape index (κ2) is 10.3. The van der Waals surface area contributed by atoms with Gasteiger partial charge in [0.2, 0.25) is 0 Å². The van der Waals surface area contributed by atoms with E-state index >= 15 is 0 Å². The molecule has 1 fully saturated rings. The highest BCUT2D eigenvalue weighted by Gasteiger charge is 2.52. The first-order chi connectivity index (χ1) is 15.2. The summed E-state index contributed by atoms with van der Waals surface area (Å²) in [5.41, 5.74) is 4.69. The molecule has 1 spiro atoms. The molecule has 0 atom stereocenters. The number of anilines is 1. The van der Waals surface area contributed by atoms with Crippen LogP contribution in [0.2, 0.25) is 5.02 Å². The maximum atomic E-state index is 6.23. The molecule has 2 aromatic carbocycles. The Kier molecular flexibility index (Phi) is 8.28. The minimum atomic E-state index is -0.220. The van der Waals surface area contributed by atoms with Gasteiger partial charge in [-0.05, 0) is 92.5 Å². The maximum absolute atomic E-state index is 6.23. The van der Waals surface area contributed by atoms with E-state index in [-0.39, 0.29) is 29.5 Å². The van der Waals surface area contributed by atoms with Gasteiger partial charge < -0.3 is 4.90 Å². The van der Waals surface area contributed by atoms with Crippen molar-refractivity contribution in [3.63, 3.8) is 0 Å². The van der Waals surface area contributed by atoms with E-state index in [0.29, 0.717) is 11.3 Å². The van der Waals surface area contributed by atoms with Crippen LogP contribution in [0.15, 0.2) is 52.4 Å². The summed E-state index contributed by atoms with van der Waals surface area (Å²) in [6, 6.07) is 14.6. The number of aliphatic imine (C=N–C) groups is 2. The van der Waals surface area contributed by atoms with Gasteiger partial charge in [0.1, 0.15) is 5.54 Å². The zero-order valence-electron chi connectivity index (χ0n) is 20.5. The zero-order chi connectivity index (χ0) is 23.1. The van der Waals surface area contributed by atoms with Crippen LogP contribution in [0.4, 0.5) is 11.4 Å². The number of hydrogen-bond donors (Lipinski definition) is 0. The Morgan fingerprint density at radius 1 is 1.03 bits per heavy atom. The molecule has 1 saturated carbocycles. The third kappa shape index (κ3) is 5.15. The molecule has 178 valence electrons. The Bertz CT molecular complexity index is 1030. The Hall–Kier alpha value is -1.05. The normalized spacial score (nSPS) is 24.2. The van der Waals surface area contributed by atoms with Gasteiger partial charge in [-0.25, -0.2) is 9.98 Å². The Balaban J connectivity index is 0.00000306. The topological polar surface area (TPSA) is 28.0 Å². The van der Waals surface area contributed by atoms with Crippen molar-refractivity contribution in [3.05, 3.63) is 58.6 Å². The first-order valence-electron chi connectivity index (χ1n) is 11.5. The standard InChI is InChI=1S/C27H34ClN3S.HI/c1-18-8-7-9-19(2)23(18)29-24-27(16-14-20(15-17-27)26(3,4)5)31(25(30-24)32-6)22-12-10-21(28)11-13-22;/h7-13,20H,14-17H2,1-6H3;1H. The lowest BCUT2D eigenvalue weighted by molar-refractivity contribution is 0.158. The highest BCUT2D eigenvalue weighted by atomic mass is 127. The van der Waals surface area contributed by atoms with Gasteiger partial charge in [0.25, 0.3) is 0 Å². The molecule has 0 saturated heterocycles. The molecule has 0 bridgehead atoms. The van der Waals surface area contributed by atoms with Crippen LogP contribution in [0.25, 0.3) is 0 Å². The van der Waals surface area contributed by atoms with Crippen LogP contribution < -0.4 is 4.90 Å². The predicted octanol–water partition coefficient (Wildman–Crippen LogP) is 8.82. The zero-order valence-corrected chi connectivity index (χ0v) is 24.4. The summed E-state index contributed by atoms with van der Waals surface area (Å²) in [5.74, 6) is 1.67. The average molecular weight is 596 g/mol. The molecule has 0 aromatic heterocycles. The Labute approximate surface area is 225 Å². The van der Waals surface area contributed by atoms with E-state index < -0.39 is 0 Å².